The Balaban J connectivity index is 2.06. The Kier molecular flexibility index (Phi) is 5.61. The Hall–Kier alpha value is -1.93. The smallest absolute Gasteiger partial charge is 0.251 e. The van der Waals surface area contributed by atoms with Crippen LogP contribution < -0.4 is 11.1 Å². The lowest BCUT2D eigenvalue weighted by molar-refractivity contribution is -0.125. The fourth-order valence-corrected chi connectivity index (χ4v) is 3.61. The van der Waals surface area contributed by atoms with Gasteiger partial charge < -0.3 is 16.0 Å². The highest BCUT2D eigenvalue weighted by Crippen LogP contribution is 2.32. The van der Waals surface area contributed by atoms with Crippen LogP contribution in [0.5, 0.6) is 0 Å². The van der Waals surface area contributed by atoms with Gasteiger partial charge in [0.15, 0.2) is 9.84 Å². The van der Waals surface area contributed by atoms with Crippen molar-refractivity contribution in [2.75, 3.05) is 26.4 Å². The molecular formula is C16H23N3O4S. The minimum absolute atomic E-state index is 0.0202. The van der Waals surface area contributed by atoms with E-state index in [4.69, 9.17) is 5.73 Å². The zero-order valence-electron chi connectivity index (χ0n) is 13.9. The van der Waals surface area contributed by atoms with Gasteiger partial charge in [-0.1, -0.05) is 0 Å². The van der Waals surface area contributed by atoms with Gasteiger partial charge in [-0.2, -0.15) is 0 Å². The first-order chi connectivity index (χ1) is 11.2. The molecule has 0 saturated heterocycles. The van der Waals surface area contributed by atoms with E-state index in [1.54, 1.807) is 0 Å². The van der Waals surface area contributed by atoms with Crippen LogP contribution in [0.3, 0.4) is 0 Å². The summed E-state index contributed by atoms with van der Waals surface area (Å²) in [7, 11) is -0.723. The summed E-state index contributed by atoms with van der Waals surface area (Å²) in [6.07, 6.45) is 2.14. The van der Waals surface area contributed by atoms with E-state index in [1.807, 2.05) is 0 Å². The van der Waals surface area contributed by atoms with Crippen LogP contribution in [0.15, 0.2) is 29.2 Å². The van der Waals surface area contributed by atoms with E-state index < -0.39 is 21.5 Å². The second-order valence-electron chi connectivity index (χ2n) is 6.22. The molecule has 3 N–H and O–H groups in total. The van der Waals surface area contributed by atoms with Crippen molar-refractivity contribution in [2.24, 2.45) is 11.7 Å². The molecule has 132 valence electrons. The second kappa shape index (κ2) is 7.31. The molecular weight excluding hydrogens is 330 g/mol. The SMILES string of the molecule is CN(C)C(=O)CS(=O)(=O)c1ccc(C(=O)NC(CN)C2CC2)cc1. The molecule has 0 spiro atoms. The molecule has 1 fully saturated rings. The van der Waals surface area contributed by atoms with Crippen LogP contribution in [0.2, 0.25) is 0 Å². The van der Waals surface area contributed by atoms with E-state index in [1.165, 1.54) is 43.3 Å². The third-order valence-corrected chi connectivity index (χ3v) is 5.67. The molecule has 1 atom stereocenters. The molecule has 1 aliphatic rings. The second-order valence-corrected chi connectivity index (χ2v) is 8.21. The van der Waals surface area contributed by atoms with Crippen LogP contribution in [0, 0.1) is 5.92 Å². The van der Waals surface area contributed by atoms with Gasteiger partial charge in [-0.25, -0.2) is 8.42 Å². The zero-order chi connectivity index (χ0) is 17.9. The van der Waals surface area contributed by atoms with E-state index in [-0.39, 0.29) is 16.8 Å². The van der Waals surface area contributed by atoms with Crippen molar-refractivity contribution in [1.82, 2.24) is 10.2 Å². The van der Waals surface area contributed by atoms with Gasteiger partial charge in [0.25, 0.3) is 5.91 Å². The largest absolute Gasteiger partial charge is 0.348 e. The number of amides is 2. The lowest BCUT2D eigenvalue weighted by atomic mass is 10.1. The maximum atomic E-state index is 12.2. The predicted molar refractivity (Wildman–Crippen MR) is 90.2 cm³/mol. The van der Waals surface area contributed by atoms with E-state index in [0.29, 0.717) is 18.0 Å². The van der Waals surface area contributed by atoms with E-state index >= 15 is 0 Å². The van der Waals surface area contributed by atoms with Crippen LogP contribution in [0.4, 0.5) is 0 Å². The van der Waals surface area contributed by atoms with Gasteiger partial charge in [-0.15, -0.1) is 0 Å². The molecule has 1 saturated carbocycles. The Bertz CT molecular complexity index is 709. The quantitative estimate of drug-likeness (QED) is 0.718. The summed E-state index contributed by atoms with van der Waals surface area (Å²) in [6, 6.07) is 5.55. The van der Waals surface area contributed by atoms with Crippen molar-refractivity contribution in [2.45, 2.75) is 23.8 Å². The molecule has 1 aromatic carbocycles. The highest BCUT2D eigenvalue weighted by molar-refractivity contribution is 7.92. The molecule has 0 aromatic heterocycles. The highest BCUT2D eigenvalue weighted by atomic mass is 32.2. The first kappa shape index (κ1) is 18.4. The molecule has 1 unspecified atom stereocenters. The molecule has 2 amide bonds. The molecule has 7 nitrogen and oxygen atoms in total. The zero-order valence-corrected chi connectivity index (χ0v) is 14.7. The van der Waals surface area contributed by atoms with Crippen LogP contribution in [0.1, 0.15) is 23.2 Å². The third kappa shape index (κ3) is 4.55. The number of carbonyl (C=O) groups excluding carboxylic acids is 2. The average molecular weight is 353 g/mol. The number of hydrogen-bond donors (Lipinski definition) is 2. The van der Waals surface area contributed by atoms with Gasteiger partial charge in [0.05, 0.1) is 4.90 Å². The molecule has 0 heterocycles. The molecule has 1 aromatic rings. The van der Waals surface area contributed by atoms with Gasteiger partial charge in [0.2, 0.25) is 5.91 Å². The number of sulfone groups is 1. The van der Waals surface area contributed by atoms with Gasteiger partial charge >= 0.3 is 0 Å². The number of hydrogen-bond acceptors (Lipinski definition) is 5. The standard InChI is InChI=1S/C16H23N3O4S/c1-19(2)15(20)10-24(22,23)13-7-5-12(6-8-13)16(21)18-14(9-17)11-3-4-11/h5-8,11,14H,3-4,9-10,17H2,1-2H3,(H,18,21). The summed E-state index contributed by atoms with van der Waals surface area (Å²) in [5.41, 5.74) is 6.03. The molecule has 1 aliphatic carbocycles. The number of nitrogens with zero attached hydrogens (tertiary/aromatic N) is 1. The molecule has 0 aliphatic heterocycles. The van der Waals surface area contributed by atoms with Crippen molar-refractivity contribution < 1.29 is 18.0 Å². The monoisotopic (exact) mass is 353 g/mol. The van der Waals surface area contributed by atoms with E-state index in [9.17, 15) is 18.0 Å². The van der Waals surface area contributed by atoms with Crippen molar-refractivity contribution in [3.63, 3.8) is 0 Å². The Labute approximate surface area is 142 Å². The number of rotatable bonds is 7. The average Bonchev–Trinajstić information content (AvgIpc) is 3.36. The molecule has 0 radical (unpaired) electrons. The van der Waals surface area contributed by atoms with Crippen LogP contribution in [-0.4, -0.2) is 57.6 Å². The number of nitrogens with two attached hydrogens (primary N) is 1. The first-order valence-corrected chi connectivity index (χ1v) is 9.43. The summed E-state index contributed by atoms with van der Waals surface area (Å²) in [6.45, 7) is 0.384. The number of benzene rings is 1. The Morgan fingerprint density at radius 1 is 1.25 bits per heavy atom. The number of carbonyl (C=O) groups is 2. The van der Waals surface area contributed by atoms with Gasteiger partial charge in [0.1, 0.15) is 5.75 Å². The lowest BCUT2D eigenvalue weighted by Gasteiger charge is -2.16. The third-order valence-electron chi connectivity index (χ3n) is 4.05. The minimum atomic E-state index is -3.72. The summed E-state index contributed by atoms with van der Waals surface area (Å²) in [5, 5.41) is 2.88. The van der Waals surface area contributed by atoms with Gasteiger partial charge in [-0.05, 0) is 43.0 Å². The fourth-order valence-electron chi connectivity index (χ4n) is 2.31. The van der Waals surface area contributed by atoms with Crippen molar-refractivity contribution in [3.05, 3.63) is 29.8 Å². The van der Waals surface area contributed by atoms with Gasteiger partial charge in [-0.3, -0.25) is 9.59 Å². The first-order valence-electron chi connectivity index (χ1n) is 7.78. The Morgan fingerprint density at radius 2 is 1.83 bits per heavy atom. The summed E-state index contributed by atoms with van der Waals surface area (Å²) in [4.78, 5) is 25.0. The summed E-state index contributed by atoms with van der Waals surface area (Å²) >= 11 is 0. The topological polar surface area (TPSA) is 110 Å². The van der Waals surface area contributed by atoms with Crippen molar-refractivity contribution in [1.29, 1.82) is 0 Å². The predicted octanol–water partition coefficient (Wildman–Crippen LogP) is 0.0156. The van der Waals surface area contributed by atoms with Crippen molar-refractivity contribution in [3.8, 4) is 0 Å². The lowest BCUT2D eigenvalue weighted by Crippen LogP contribution is -2.41. The van der Waals surface area contributed by atoms with Crippen molar-refractivity contribution >= 4 is 21.7 Å². The molecule has 24 heavy (non-hydrogen) atoms. The molecule has 0 bridgehead atoms. The van der Waals surface area contributed by atoms with Crippen LogP contribution >= 0.6 is 0 Å². The normalized spacial score (nSPS) is 15.6. The molecule has 8 heteroatoms. The Morgan fingerprint density at radius 3 is 2.29 bits per heavy atom. The highest BCUT2D eigenvalue weighted by Gasteiger charge is 2.31. The van der Waals surface area contributed by atoms with Crippen LogP contribution in [-0.2, 0) is 14.6 Å². The summed E-state index contributed by atoms with van der Waals surface area (Å²) in [5.74, 6) is -0.920. The minimum Gasteiger partial charge on any atom is -0.348 e. The summed E-state index contributed by atoms with van der Waals surface area (Å²) < 4.78 is 24.4. The van der Waals surface area contributed by atoms with Crippen LogP contribution in [0.25, 0.3) is 0 Å². The van der Waals surface area contributed by atoms with E-state index in [0.717, 1.165) is 12.8 Å². The van der Waals surface area contributed by atoms with E-state index in [2.05, 4.69) is 5.32 Å². The maximum Gasteiger partial charge on any atom is 0.251 e. The fraction of sp³-hybridized carbons (Fsp3) is 0.500. The van der Waals surface area contributed by atoms with Gasteiger partial charge in [0, 0.05) is 32.2 Å². The number of nitrogens with one attached hydrogen (secondary N) is 1. The maximum absolute atomic E-state index is 12.2. The molecule has 2 rings (SSSR count).